The summed E-state index contributed by atoms with van der Waals surface area (Å²) in [5.41, 5.74) is 0.222. The molecule has 1 aromatic heterocycles. The Morgan fingerprint density at radius 1 is 1.24 bits per heavy atom. The van der Waals surface area contributed by atoms with E-state index >= 15 is 0 Å². The van der Waals surface area contributed by atoms with Crippen LogP contribution in [0.3, 0.4) is 0 Å². The minimum atomic E-state index is -3.80. The zero-order valence-corrected chi connectivity index (χ0v) is 13.7. The van der Waals surface area contributed by atoms with Crippen molar-refractivity contribution in [2.75, 3.05) is 11.8 Å². The summed E-state index contributed by atoms with van der Waals surface area (Å²) >= 11 is 11.8. The highest BCUT2D eigenvalue weighted by molar-refractivity contribution is 7.92. The first-order chi connectivity index (χ1) is 9.83. The number of halogens is 2. The molecule has 2 N–H and O–H groups in total. The zero-order valence-electron chi connectivity index (χ0n) is 11.4. The number of hydrogen-bond acceptors (Lipinski definition) is 4. The fraction of sp³-hybridized carbons (Fsp3) is 0.231. The van der Waals surface area contributed by atoms with E-state index in [0.717, 1.165) is 0 Å². The lowest BCUT2D eigenvalue weighted by Crippen LogP contribution is -2.13. The molecular formula is C13H14Cl2N2O3S. The van der Waals surface area contributed by atoms with Crippen LogP contribution in [0.4, 0.5) is 5.69 Å². The molecule has 0 saturated heterocycles. The first-order valence-electron chi connectivity index (χ1n) is 6.05. The number of sulfonamides is 1. The second-order valence-corrected chi connectivity index (χ2v) is 6.89. The summed E-state index contributed by atoms with van der Waals surface area (Å²) in [6, 6.07) is 6.03. The number of rotatable bonds is 5. The summed E-state index contributed by atoms with van der Waals surface area (Å²) in [6.45, 7) is 2.03. The van der Waals surface area contributed by atoms with Crippen molar-refractivity contribution in [3.63, 3.8) is 0 Å². The maximum atomic E-state index is 12.4. The van der Waals surface area contributed by atoms with Gasteiger partial charge < -0.3 is 9.73 Å². The average molecular weight is 349 g/mol. The minimum absolute atomic E-state index is 0.0730. The van der Waals surface area contributed by atoms with Crippen molar-refractivity contribution in [3.8, 4) is 0 Å². The quantitative estimate of drug-likeness (QED) is 0.868. The molecule has 1 aromatic carbocycles. The number of hydrogen-bond donors (Lipinski definition) is 2. The molecule has 0 unspecified atom stereocenters. The third-order valence-corrected chi connectivity index (χ3v) is 4.77. The van der Waals surface area contributed by atoms with Crippen molar-refractivity contribution in [3.05, 3.63) is 45.8 Å². The number of benzene rings is 1. The van der Waals surface area contributed by atoms with E-state index in [0.29, 0.717) is 23.1 Å². The molecule has 5 nitrogen and oxygen atoms in total. The molecule has 0 bridgehead atoms. The Labute approximate surface area is 133 Å². The van der Waals surface area contributed by atoms with Crippen LogP contribution in [0.15, 0.2) is 33.6 Å². The highest BCUT2D eigenvalue weighted by atomic mass is 35.5. The Morgan fingerprint density at radius 2 is 1.95 bits per heavy atom. The van der Waals surface area contributed by atoms with Crippen LogP contribution in [-0.2, 0) is 16.6 Å². The number of nitrogens with one attached hydrogen (secondary N) is 2. The zero-order chi connectivity index (χ0) is 15.6. The van der Waals surface area contributed by atoms with Crippen molar-refractivity contribution in [1.82, 2.24) is 5.32 Å². The molecule has 0 spiro atoms. The van der Waals surface area contributed by atoms with Crippen LogP contribution >= 0.6 is 23.2 Å². The van der Waals surface area contributed by atoms with Gasteiger partial charge in [-0.2, -0.15) is 0 Å². The Balaban J connectivity index is 2.36. The fourth-order valence-electron chi connectivity index (χ4n) is 1.83. The maximum Gasteiger partial charge on any atom is 0.265 e. The van der Waals surface area contributed by atoms with Crippen LogP contribution < -0.4 is 10.0 Å². The van der Waals surface area contributed by atoms with Crippen LogP contribution in [-0.4, -0.2) is 15.5 Å². The van der Waals surface area contributed by atoms with Crippen molar-refractivity contribution < 1.29 is 12.8 Å². The molecule has 2 rings (SSSR count). The third kappa shape index (κ3) is 3.71. The SMILES string of the molecule is CNCc1cc(S(=O)(=O)Nc2cc(Cl)ccc2Cl)c(C)o1. The molecule has 0 saturated carbocycles. The van der Waals surface area contributed by atoms with Gasteiger partial charge in [-0.3, -0.25) is 4.72 Å². The van der Waals surface area contributed by atoms with Gasteiger partial charge in [0.25, 0.3) is 10.0 Å². The summed E-state index contributed by atoms with van der Waals surface area (Å²) in [4.78, 5) is 0.0730. The Bertz CT molecular complexity index is 757. The largest absolute Gasteiger partial charge is 0.464 e. The molecule has 0 atom stereocenters. The van der Waals surface area contributed by atoms with E-state index in [1.807, 2.05) is 0 Å². The van der Waals surface area contributed by atoms with Gasteiger partial charge in [-0.15, -0.1) is 0 Å². The fourth-order valence-corrected chi connectivity index (χ4v) is 3.50. The van der Waals surface area contributed by atoms with Gasteiger partial charge >= 0.3 is 0 Å². The van der Waals surface area contributed by atoms with Gasteiger partial charge in [0.1, 0.15) is 16.4 Å². The third-order valence-electron chi connectivity index (χ3n) is 2.74. The molecule has 21 heavy (non-hydrogen) atoms. The van der Waals surface area contributed by atoms with Crippen molar-refractivity contribution >= 4 is 38.9 Å². The Morgan fingerprint density at radius 3 is 2.62 bits per heavy atom. The standard InChI is InChI=1S/C13H14Cl2N2O3S/c1-8-13(6-10(20-8)7-16-2)21(18,19)17-12-5-9(14)3-4-11(12)15/h3-6,16-17H,7H2,1-2H3. The lowest BCUT2D eigenvalue weighted by molar-refractivity contribution is 0.466. The van der Waals surface area contributed by atoms with Crippen LogP contribution in [0.1, 0.15) is 11.5 Å². The van der Waals surface area contributed by atoms with Gasteiger partial charge in [0.15, 0.2) is 0 Å². The topological polar surface area (TPSA) is 71.3 Å². The normalized spacial score (nSPS) is 11.6. The molecule has 0 fully saturated rings. The monoisotopic (exact) mass is 348 g/mol. The summed E-state index contributed by atoms with van der Waals surface area (Å²) < 4.78 is 32.6. The summed E-state index contributed by atoms with van der Waals surface area (Å²) in [5, 5.41) is 3.54. The molecule has 8 heteroatoms. The van der Waals surface area contributed by atoms with Crippen LogP contribution in [0.5, 0.6) is 0 Å². The Hall–Kier alpha value is -1.21. The first kappa shape index (κ1) is 16.2. The molecule has 0 aliphatic carbocycles. The van der Waals surface area contributed by atoms with E-state index in [2.05, 4.69) is 10.0 Å². The predicted octanol–water partition coefficient (Wildman–Crippen LogP) is 3.42. The van der Waals surface area contributed by atoms with Gasteiger partial charge in [0.05, 0.1) is 17.3 Å². The van der Waals surface area contributed by atoms with E-state index in [1.54, 1.807) is 20.0 Å². The van der Waals surface area contributed by atoms with Gasteiger partial charge in [-0.1, -0.05) is 23.2 Å². The van der Waals surface area contributed by atoms with Gasteiger partial charge in [0, 0.05) is 11.1 Å². The Kier molecular flexibility index (Phi) is 4.83. The predicted molar refractivity (Wildman–Crippen MR) is 83.5 cm³/mol. The molecule has 0 aliphatic rings. The van der Waals surface area contributed by atoms with Crippen LogP contribution in [0.2, 0.25) is 10.0 Å². The highest BCUT2D eigenvalue weighted by Crippen LogP contribution is 2.29. The molecule has 0 amide bonds. The lowest BCUT2D eigenvalue weighted by Gasteiger charge is -2.09. The minimum Gasteiger partial charge on any atom is -0.464 e. The van der Waals surface area contributed by atoms with Crippen molar-refractivity contribution in [2.24, 2.45) is 0 Å². The van der Waals surface area contributed by atoms with Gasteiger partial charge in [-0.25, -0.2) is 8.42 Å². The molecule has 0 aliphatic heterocycles. The molecular weight excluding hydrogens is 335 g/mol. The summed E-state index contributed by atoms with van der Waals surface area (Å²) in [5.74, 6) is 0.846. The lowest BCUT2D eigenvalue weighted by atomic mass is 10.3. The molecule has 2 aromatic rings. The highest BCUT2D eigenvalue weighted by Gasteiger charge is 2.22. The summed E-state index contributed by atoms with van der Waals surface area (Å²) in [6.07, 6.45) is 0. The van der Waals surface area contributed by atoms with Gasteiger partial charge in [0.2, 0.25) is 0 Å². The molecule has 1 heterocycles. The van der Waals surface area contributed by atoms with E-state index < -0.39 is 10.0 Å². The second-order valence-electron chi connectivity index (χ2n) is 4.39. The van der Waals surface area contributed by atoms with Crippen LogP contribution in [0, 0.1) is 6.92 Å². The van der Waals surface area contributed by atoms with E-state index in [-0.39, 0.29) is 15.6 Å². The average Bonchev–Trinajstić information content (AvgIpc) is 2.76. The number of anilines is 1. The van der Waals surface area contributed by atoms with Crippen LogP contribution in [0.25, 0.3) is 0 Å². The van der Waals surface area contributed by atoms with Gasteiger partial charge in [-0.05, 0) is 32.2 Å². The first-order valence-corrected chi connectivity index (χ1v) is 8.29. The summed E-state index contributed by atoms with van der Waals surface area (Å²) in [7, 11) is -2.05. The molecule has 0 radical (unpaired) electrons. The van der Waals surface area contributed by atoms with Crippen molar-refractivity contribution in [1.29, 1.82) is 0 Å². The van der Waals surface area contributed by atoms with Crippen molar-refractivity contribution in [2.45, 2.75) is 18.4 Å². The van der Waals surface area contributed by atoms with E-state index in [4.69, 9.17) is 27.6 Å². The molecule has 114 valence electrons. The number of furan rings is 1. The smallest absolute Gasteiger partial charge is 0.265 e. The van der Waals surface area contributed by atoms with E-state index in [1.165, 1.54) is 18.2 Å². The second kappa shape index (κ2) is 6.27. The maximum absolute atomic E-state index is 12.4. The van der Waals surface area contributed by atoms with E-state index in [9.17, 15) is 8.42 Å². The number of aryl methyl sites for hydroxylation is 1.